The van der Waals surface area contributed by atoms with Gasteiger partial charge in [0.05, 0.1) is 30.4 Å². The van der Waals surface area contributed by atoms with Crippen LogP contribution in [0.15, 0.2) is 42.9 Å². The molecule has 0 amide bonds. The number of hydrogen-bond donors (Lipinski definition) is 2. The molecule has 1 aliphatic rings. The van der Waals surface area contributed by atoms with Crippen LogP contribution in [-0.4, -0.2) is 44.6 Å². The van der Waals surface area contributed by atoms with Gasteiger partial charge in [-0.25, -0.2) is 9.97 Å². The van der Waals surface area contributed by atoms with E-state index >= 15 is 0 Å². The first-order valence-electron chi connectivity index (χ1n) is 12.6. The van der Waals surface area contributed by atoms with E-state index < -0.39 is 0 Å². The lowest BCUT2D eigenvalue weighted by Crippen LogP contribution is -2.24. The summed E-state index contributed by atoms with van der Waals surface area (Å²) in [5.41, 5.74) is 4.79. The number of nitrogens with zero attached hydrogens (tertiary/aromatic N) is 6. The first-order chi connectivity index (χ1) is 17.1. The molecule has 0 saturated heterocycles. The average Bonchev–Trinajstić information content (AvgIpc) is 3.58. The summed E-state index contributed by atoms with van der Waals surface area (Å²) in [6.07, 6.45) is 11.7. The Balaban J connectivity index is 1.50. The van der Waals surface area contributed by atoms with Gasteiger partial charge in [0, 0.05) is 49.0 Å². The Kier molecular flexibility index (Phi) is 8.32. The number of rotatable bonds is 11. The molecule has 2 aromatic heterocycles. The number of nitrogens with one attached hydrogen (secondary N) is 1. The standard InChI is InChI=1S/C27H35N7O/c1-3-33(15-6-16-35)24-11-9-23(10-12-24)31-27-29-17-20(2)26(32-27)22-18-30-34(19-22)25(13-14-28)21-7-4-5-8-21/h9-12,17-19,21,25,35H,3-8,13,15-16H2,1-2H3,(H,29,31,32). The predicted molar refractivity (Wildman–Crippen MR) is 139 cm³/mol. The van der Waals surface area contributed by atoms with Gasteiger partial charge in [-0.05, 0) is 68.9 Å². The molecule has 4 rings (SSSR count). The second-order valence-electron chi connectivity index (χ2n) is 9.24. The minimum Gasteiger partial charge on any atom is -0.396 e. The Morgan fingerprint density at radius 3 is 2.69 bits per heavy atom. The van der Waals surface area contributed by atoms with Crippen molar-refractivity contribution < 1.29 is 5.11 Å². The normalized spacial score (nSPS) is 14.6. The average molecular weight is 474 g/mol. The van der Waals surface area contributed by atoms with Crippen molar-refractivity contribution in [1.82, 2.24) is 19.7 Å². The third-order valence-corrected chi connectivity index (χ3v) is 6.89. The molecule has 2 heterocycles. The Bertz CT molecular complexity index is 1130. The largest absolute Gasteiger partial charge is 0.396 e. The maximum absolute atomic E-state index is 9.37. The number of aliphatic hydroxyl groups is 1. The molecule has 3 aromatic rings. The Labute approximate surface area is 207 Å². The minimum atomic E-state index is 0.120. The Morgan fingerprint density at radius 2 is 2.00 bits per heavy atom. The van der Waals surface area contributed by atoms with E-state index in [2.05, 4.69) is 45.4 Å². The fourth-order valence-corrected chi connectivity index (χ4v) is 4.96. The number of anilines is 3. The van der Waals surface area contributed by atoms with Crippen molar-refractivity contribution >= 4 is 17.3 Å². The van der Waals surface area contributed by atoms with Gasteiger partial charge >= 0.3 is 0 Å². The number of aryl methyl sites for hydroxylation is 1. The molecule has 0 radical (unpaired) electrons. The fourth-order valence-electron chi connectivity index (χ4n) is 4.96. The molecule has 1 atom stereocenters. The van der Waals surface area contributed by atoms with Crippen LogP contribution in [0.2, 0.25) is 0 Å². The SMILES string of the molecule is CCN(CCCO)c1ccc(Nc2ncc(C)c(-c3cnn(C(CC#N)C4CCCC4)c3)n2)cc1. The van der Waals surface area contributed by atoms with Crippen LogP contribution in [0.5, 0.6) is 0 Å². The monoisotopic (exact) mass is 473 g/mol. The van der Waals surface area contributed by atoms with Crippen LogP contribution >= 0.6 is 0 Å². The highest BCUT2D eigenvalue weighted by atomic mass is 16.3. The molecule has 1 aliphatic carbocycles. The van der Waals surface area contributed by atoms with Crippen molar-refractivity contribution in [3.05, 3.63) is 48.4 Å². The van der Waals surface area contributed by atoms with Gasteiger partial charge in [-0.2, -0.15) is 10.4 Å². The molecule has 0 spiro atoms. The molecule has 8 nitrogen and oxygen atoms in total. The fraction of sp³-hybridized carbons (Fsp3) is 0.481. The maximum atomic E-state index is 9.37. The molecule has 2 N–H and O–H groups in total. The summed E-state index contributed by atoms with van der Waals surface area (Å²) in [6, 6.07) is 10.7. The Morgan fingerprint density at radius 1 is 1.23 bits per heavy atom. The van der Waals surface area contributed by atoms with Gasteiger partial charge in [-0.3, -0.25) is 4.68 Å². The van der Waals surface area contributed by atoms with E-state index in [-0.39, 0.29) is 12.6 Å². The summed E-state index contributed by atoms with van der Waals surface area (Å²) >= 11 is 0. The predicted octanol–water partition coefficient (Wildman–Crippen LogP) is 5.25. The number of hydrogen-bond acceptors (Lipinski definition) is 7. The van der Waals surface area contributed by atoms with Crippen LogP contribution in [-0.2, 0) is 0 Å². The van der Waals surface area contributed by atoms with Crippen LogP contribution in [0.1, 0.15) is 57.1 Å². The highest BCUT2D eigenvalue weighted by Gasteiger charge is 2.27. The van der Waals surface area contributed by atoms with E-state index in [1.807, 2.05) is 42.3 Å². The molecular formula is C27H35N7O. The number of aliphatic hydroxyl groups excluding tert-OH is 1. The van der Waals surface area contributed by atoms with E-state index in [1.54, 1.807) is 0 Å². The van der Waals surface area contributed by atoms with E-state index in [0.717, 1.165) is 47.7 Å². The van der Waals surface area contributed by atoms with Crippen LogP contribution in [0.25, 0.3) is 11.3 Å². The number of aromatic nitrogens is 4. The van der Waals surface area contributed by atoms with Gasteiger partial charge in [0.1, 0.15) is 0 Å². The summed E-state index contributed by atoms with van der Waals surface area (Å²) in [5, 5.41) is 26.4. The molecule has 1 saturated carbocycles. The van der Waals surface area contributed by atoms with Crippen LogP contribution in [0, 0.1) is 24.2 Å². The van der Waals surface area contributed by atoms with E-state index in [4.69, 9.17) is 10.1 Å². The van der Waals surface area contributed by atoms with Gasteiger partial charge in [0.25, 0.3) is 0 Å². The summed E-state index contributed by atoms with van der Waals surface area (Å²) < 4.78 is 1.97. The summed E-state index contributed by atoms with van der Waals surface area (Å²) in [4.78, 5) is 11.5. The number of nitriles is 1. The highest BCUT2D eigenvalue weighted by Crippen LogP contribution is 2.36. The van der Waals surface area contributed by atoms with Crippen LogP contribution < -0.4 is 10.2 Å². The first kappa shape index (κ1) is 24.7. The molecule has 0 bridgehead atoms. The molecule has 8 heteroatoms. The molecule has 1 aromatic carbocycles. The lowest BCUT2D eigenvalue weighted by Gasteiger charge is -2.23. The van der Waals surface area contributed by atoms with E-state index in [0.29, 0.717) is 18.3 Å². The molecule has 184 valence electrons. The van der Waals surface area contributed by atoms with Crippen molar-refractivity contribution in [2.24, 2.45) is 5.92 Å². The summed E-state index contributed by atoms with van der Waals surface area (Å²) in [7, 11) is 0. The quantitative estimate of drug-likeness (QED) is 0.392. The maximum Gasteiger partial charge on any atom is 0.227 e. The van der Waals surface area contributed by atoms with E-state index in [9.17, 15) is 5.26 Å². The van der Waals surface area contributed by atoms with Crippen molar-refractivity contribution in [2.75, 3.05) is 29.9 Å². The van der Waals surface area contributed by atoms with Gasteiger partial charge in [0.15, 0.2) is 0 Å². The molecule has 1 unspecified atom stereocenters. The van der Waals surface area contributed by atoms with Crippen molar-refractivity contribution in [1.29, 1.82) is 5.26 Å². The second-order valence-corrected chi connectivity index (χ2v) is 9.24. The Hall–Kier alpha value is -3.44. The zero-order valence-electron chi connectivity index (χ0n) is 20.7. The van der Waals surface area contributed by atoms with Crippen LogP contribution in [0.4, 0.5) is 17.3 Å². The third kappa shape index (κ3) is 5.98. The van der Waals surface area contributed by atoms with Crippen molar-refractivity contribution in [3.8, 4) is 17.3 Å². The lowest BCUT2D eigenvalue weighted by atomic mass is 9.96. The second kappa shape index (κ2) is 11.8. The minimum absolute atomic E-state index is 0.120. The lowest BCUT2D eigenvalue weighted by molar-refractivity contribution is 0.289. The molecule has 0 aliphatic heterocycles. The topological polar surface area (TPSA) is 103 Å². The van der Waals surface area contributed by atoms with Gasteiger partial charge in [0.2, 0.25) is 5.95 Å². The van der Waals surface area contributed by atoms with Gasteiger partial charge in [-0.15, -0.1) is 0 Å². The molecule has 1 fully saturated rings. The van der Waals surface area contributed by atoms with Gasteiger partial charge < -0.3 is 15.3 Å². The summed E-state index contributed by atoms with van der Waals surface area (Å²) in [6.45, 7) is 6.03. The third-order valence-electron chi connectivity index (χ3n) is 6.89. The molecule has 35 heavy (non-hydrogen) atoms. The first-order valence-corrected chi connectivity index (χ1v) is 12.6. The zero-order chi connectivity index (χ0) is 24.6. The number of benzene rings is 1. The summed E-state index contributed by atoms with van der Waals surface area (Å²) in [5.74, 6) is 1.05. The van der Waals surface area contributed by atoms with Crippen LogP contribution in [0.3, 0.4) is 0 Å². The smallest absolute Gasteiger partial charge is 0.227 e. The van der Waals surface area contributed by atoms with E-state index in [1.165, 1.54) is 25.7 Å². The van der Waals surface area contributed by atoms with Gasteiger partial charge in [-0.1, -0.05) is 12.8 Å². The zero-order valence-corrected chi connectivity index (χ0v) is 20.7. The molecular weight excluding hydrogens is 438 g/mol. The van der Waals surface area contributed by atoms with Crippen molar-refractivity contribution in [3.63, 3.8) is 0 Å². The van der Waals surface area contributed by atoms with Crippen molar-refractivity contribution in [2.45, 2.75) is 58.4 Å². The highest BCUT2D eigenvalue weighted by molar-refractivity contribution is 5.65.